The zero-order valence-electron chi connectivity index (χ0n) is 13.7. The van der Waals surface area contributed by atoms with E-state index in [1.54, 1.807) is 19.1 Å². The Hall–Kier alpha value is -2.90. The predicted octanol–water partition coefficient (Wildman–Crippen LogP) is 3.76. The molecule has 0 radical (unpaired) electrons. The largest absolute Gasteiger partial charge is 0.465 e. The molecule has 1 N–H and O–H groups in total. The van der Waals surface area contributed by atoms with Gasteiger partial charge in [-0.15, -0.1) is 0 Å². The number of amides is 1. The molecule has 0 aliphatic carbocycles. The maximum absolute atomic E-state index is 12.6. The minimum atomic E-state index is -4.58. The van der Waals surface area contributed by atoms with Gasteiger partial charge in [-0.05, 0) is 43.7 Å². The highest BCUT2D eigenvalue weighted by Gasteiger charge is 2.33. The molecule has 1 heterocycles. The van der Waals surface area contributed by atoms with Crippen molar-refractivity contribution < 1.29 is 27.5 Å². The van der Waals surface area contributed by atoms with E-state index in [4.69, 9.17) is 0 Å². The number of anilines is 1. The Morgan fingerprint density at radius 2 is 1.76 bits per heavy atom. The second-order valence-corrected chi connectivity index (χ2v) is 5.30. The van der Waals surface area contributed by atoms with Crippen LogP contribution in [0.3, 0.4) is 0 Å². The van der Waals surface area contributed by atoms with Crippen molar-refractivity contribution in [1.29, 1.82) is 0 Å². The predicted molar refractivity (Wildman–Crippen MR) is 84.4 cm³/mol. The van der Waals surface area contributed by atoms with Crippen LogP contribution in [0.15, 0.2) is 30.3 Å². The number of ether oxygens (including phenoxy) is 1. The number of esters is 1. The molecule has 0 bridgehead atoms. The Balaban J connectivity index is 2.27. The van der Waals surface area contributed by atoms with Crippen LogP contribution in [0, 0.1) is 13.8 Å². The number of methoxy groups -OCH3 is 1. The number of rotatable bonds is 3. The highest BCUT2D eigenvalue weighted by atomic mass is 19.4. The number of hydrogen-bond acceptors (Lipinski definition) is 4. The van der Waals surface area contributed by atoms with E-state index in [9.17, 15) is 22.8 Å². The Kier molecular flexibility index (Phi) is 5.10. The number of benzene rings is 1. The van der Waals surface area contributed by atoms with Gasteiger partial charge in [0.1, 0.15) is 5.69 Å². The summed E-state index contributed by atoms with van der Waals surface area (Å²) in [6, 6.07) is 6.45. The molecular weight excluding hydrogens is 337 g/mol. The molecule has 1 aromatic carbocycles. The topological polar surface area (TPSA) is 68.3 Å². The standard InChI is InChI=1S/C17H15F3N2O3/c1-9-4-5-11(8-13(9)16(24)25-3)22-15(23)12-6-7-14(17(18,19)20)21-10(12)2/h4-8H,1-3H3,(H,22,23). The summed E-state index contributed by atoms with van der Waals surface area (Å²) in [5.74, 6) is -1.18. The lowest BCUT2D eigenvalue weighted by Crippen LogP contribution is -2.17. The number of aromatic nitrogens is 1. The molecule has 0 fully saturated rings. The van der Waals surface area contributed by atoms with Crippen molar-refractivity contribution >= 4 is 17.6 Å². The van der Waals surface area contributed by atoms with Crippen LogP contribution >= 0.6 is 0 Å². The van der Waals surface area contributed by atoms with Crippen molar-refractivity contribution in [3.05, 3.63) is 58.4 Å². The minimum Gasteiger partial charge on any atom is -0.465 e. The second-order valence-electron chi connectivity index (χ2n) is 5.30. The Bertz CT molecular complexity index is 832. The van der Waals surface area contributed by atoms with Crippen molar-refractivity contribution in [2.75, 3.05) is 12.4 Å². The van der Waals surface area contributed by atoms with E-state index in [1.807, 2.05) is 0 Å². The van der Waals surface area contributed by atoms with Crippen LogP contribution in [0.5, 0.6) is 0 Å². The maximum atomic E-state index is 12.6. The van der Waals surface area contributed by atoms with Gasteiger partial charge in [-0.3, -0.25) is 4.79 Å². The molecule has 0 aliphatic heterocycles. The van der Waals surface area contributed by atoms with Crippen LogP contribution in [-0.2, 0) is 10.9 Å². The van der Waals surface area contributed by atoms with Gasteiger partial charge in [-0.1, -0.05) is 6.07 Å². The maximum Gasteiger partial charge on any atom is 0.433 e. The Morgan fingerprint density at radius 1 is 1.08 bits per heavy atom. The summed E-state index contributed by atoms with van der Waals surface area (Å²) >= 11 is 0. The molecule has 0 saturated heterocycles. The summed E-state index contributed by atoms with van der Waals surface area (Å²) in [5, 5.41) is 2.54. The molecule has 0 spiro atoms. The number of carbonyl (C=O) groups is 2. The lowest BCUT2D eigenvalue weighted by molar-refractivity contribution is -0.141. The molecule has 8 heteroatoms. The highest BCUT2D eigenvalue weighted by Crippen LogP contribution is 2.28. The van der Waals surface area contributed by atoms with Gasteiger partial charge in [-0.2, -0.15) is 13.2 Å². The third-order valence-electron chi connectivity index (χ3n) is 3.52. The van der Waals surface area contributed by atoms with E-state index >= 15 is 0 Å². The summed E-state index contributed by atoms with van der Waals surface area (Å²) < 4.78 is 42.6. The average Bonchev–Trinajstić information content (AvgIpc) is 2.54. The van der Waals surface area contributed by atoms with E-state index in [-0.39, 0.29) is 16.8 Å². The fraction of sp³-hybridized carbons (Fsp3) is 0.235. The number of halogens is 3. The summed E-state index contributed by atoms with van der Waals surface area (Å²) in [5.41, 5.74) is 0.153. The van der Waals surface area contributed by atoms with E-state index in [0.717, 1.165) is 12.1 Å². The van der Waals surface area contributed by atoms with Crippen molar-refractivity contribution in [1.82, 2.24) is 4.98 Å². The number of pyridine rings is 1. The molecule has 25 heavy (non-hydrogen) atoms. The van der Waals surface area contributed by atoms with E-state index in [2.05, 4.69) is 15.0 Å². The minimum absolute atomic E-state index is 0.00759. The van der Waals surface area contributed by atoms with Crippen LogP contribution < -0.4 is 5.32 Å². The van der Waals surface area contributed by atoms with Crippen LogP contribution in [-0.4, -0.2) is 24.0 Å². The van der Waals surface area contributed by atoms with Crippen LogP contribution in [0.1, 0.15) is 37.7 Å². The zero-order valence-corrected chi connectivity index (χ0v) is 13.7. The highest BCUT2D eigenvalue weighted by molar-refractivity contribution is 6.05. The summed E-state index contributed by atoms with van der Waals surface area (Å²) in [6.07, 6.45) is -4.58. The SMILES string of the molecule is COC(=O)c1cc(NC(=O)c2ccc(C(F)(F)F)nc2C)ccc1C. The molecule has 2 aromatic rings. The molecular formula is C17H15F3N2O3. The number of nitrogens with zero attached hydrogens (tertiary/aromatic N) is 1. The van der Waals surface area contributed by atoms with E-state index in [1.165, 1.54) is 20.1 Å². The van der Waals surface area contributed by atoms with E-state index < -0.39 is 23.7 Å². The molecule has 1 amide bonds. The van der Waals surface area contributed by atoms with Crippen molar-refractivity contribution in [2.45, 2.75) is 20.0 Å². The van der Waals surface area contributed by atoms with Crippen LogP contribution in [0.2, 0.25) is 0 Å². The quantitative estimate of drug-likeness (QED) is 0.854. The normalized spacial score (nSPS) is 11.1. The molecule has 0 saturated carbocycles. The average molecular weight is 352 g/mol. The third kappa shape index (κ3) is 4.14. The molecule has 2 rings (SSSR count). The van der Waals surface area contributed by atoms with Crippen molar-refractivity contribution in [3.63, 3.8) is 0 Å². The van der Waals surface area contributed by atoms with Gasteiger partial charge in [0, 0.05) is 5.69 Å². The third-order valence-corrected chi connectivity index (χ3v) is 3.52. The molecule has 1 aromatic heterocycles. The molecule has 5 nitrogen and oxygen atoms in total. The molecule has 0 aliphatic rings. The number of alkyl halides is 3. The van der Waals surface area contributed by atoms with Gasteiger partial charge in [-0.25, -0.2) is 9.78 Å². The lowest BCUT2D eigenvalue weighted by atomic mass is 10.1. The van der Waals surface area contributed by atoms with Gasteiger partial charge < -0.3 is 10.1 Å². The monoisotopic (exact) mass is 352 g/mol. The smallest absolute Gasteiger partial charge is 0.433 e. The summed E-state index contributed by atoms with van der Waals surface area (Å²) in [4.78, 5) is 27.4. The number of nitrogens with one attached hydrogen (secondary N) is 1. The first kappa shape index (κ1) is 18.4. The molecule has 0 unspecified atom stereocenters. The summed E-state index contributed by atoms with van der Waals surface area (Å²) in [6.45, 7) is 3.03. The first-order valence-electron chi connectivity index (χ1n) is 7.18. The fourth-order valence-electron chi connectivity index (χ4n) is 2.19. The van der Waals surface area contributed by atoms with Gasteiger partial charge >= 0.3 is 12.1 Å². The first-order chi connectivity index (χ1) is 11.6. The Labute approximate surface area is 141 Å². The lowest BCUT2D eigenvalue weighted by Gasteiger charge is -2.12. The van der Waals surface area contributed by atoms with Crippen LogP contribution in [0.4, 0.5) is 18.9 Å². The number of carbonyl (C=O) groups excluding carboxylic acids is 2. The van der Waals surface area contributed by atoms with Gasteiger partial charge in [0.2, 0.25) is 0 Å². The van der Waals surface area contributed by atoms with Gasteiger partial charge in [0.15, 0.2) is 0 Å². The van der Waals surface area contributed by atoms with Gasteiger partial charge in [0.05, 0.1) is 23.9 Å². The fourth-order valence-corrected chi connectivity index (χ4v) is 2.19. The van der Waals surface area contributed by atoms with E-state index in [0.29, 0.717) is 11.3 Å². The zero-order chi connectivity index (χ0) is 18.8. The molecule has 0 atom stereocenters. The number of aryl methyl sites for hydroxylation is 2. The summed E-state index contributed by atoms with van der Waals surface area (Å²) in [7, 11) is 1.24. The molecule has 132 valence electrons. The first-order valence-corrected chi connectivity index (χ1v) is 7.18. The van der Waals surface area contributed by atoms with Crippen LogP contribution in [0.25, 0.3) is 0 Å². The van der Waals surface area contributed by atoms with Crippen molar-refractivity contribution in [2.24, 2.45) is 0 Å². The van der Waals surface area contributed by atoms with Gasteiger partial charge in [0.25, 0.3) is 5.91 Å². The number of hydrogen-bond donors (Lipinski definition) is 1. The van der Waals surface area contributed by atoms with Crippen molar-refractivity contribution in [3.8, 4) is 0 Å². The Morgan fingerprint density at radius 3 is 2.32 bits per heavy atom. The second kappa shape index (κ2) is 6.92.